The Bertz CT molecular complexity index is 1380. The summed E-state index contributed by atoms with van der Waals surface area (Å²) in [5.74, 6) is 0.475. The van der Waals surface area contributed by atoms with E-state index in [1.165, 1.54) is 12.3 Å². The predicted octanol–water partition coefficient (Wildman–Crippen LogP) is 4.08. The molecule has 8 nitrogen and oxygen atoms in total. The van der Waals surface area contributed by atoms with Crippen LogP contribution < -0.4 is 4.74 Å². The summed E-state index contributed by atoms with van der Waals surface area (Å²) in [4.78, 5) is 6.09. The summed E-state index contributed by atoms with van der Waals surface area (Å²) in [6, 6.07) is 5.36. The van der Waals surface area contributed by atoms with Gasteiger partial charge >= 0.3 is 0 Å². The third-order valence-corrected chi connectivity index (χ3v) is 6.66. The highest BCUT2D eigenvalue weighted by atomic mass is 19.1. The van der Waals surface area contributed by atoms with E-state index in [2.05, 4.69) is 36.2 Å². The predicted molar refractivity (Wildman–Crippen MR) is 125 cm³/mol. The number of ether oxygens (including phenoxy) is 1. The van der Waals surface area contributed by atoms with Crippen molar-refractivity contribution < 1.29 is 9.13 Å². The molecule has 0 saturated carbocycles. The molecular weight excluding hydrogens is 433 g/mol. The van der Waals surface area contributed by atoms with Crippen molar-refractivity contribution in [3.8, 4) is 23.2 Å². The van der Waals surface area contributed by atoms with E-state index in [0.717, 1.165) is 45.7 Å². The standard InChI is InChI=1S/C25H26FN7O/c1-4-17(21-6-5-20(26)11-28-21)9-18-10-19(13-33-25(18)23(34-3)12-29-33)24-16(2)22-14-31(15-27)7-8-32(22)30-24/h5-6,10-13,17H,4,7-9,14H2,1-3H3. The van der Waals surface area contributed by atoms with Crippen LogP contribution >= 0.6 is 0 Å². The molecule has 0 saturated heterocycles. The highest BCUT2D eigenvalue weighted by molar-refractivity contribution is 5.72. The Morgan fingerprint density at radius 2 is 2.12 bits per heavy atom. The average molecular weight is 460 g/mol. The third kappa shape index (κ3) is 3.75. The van der Waals surface area contributed by atoms with Gasteiger partial charge in [-0.25, -0.2) is 8.91 Å². The first-order valence-electron chi connectivity index (χ1n) is 11.4. The monoisotopic (exact) mass is 459 g/mol. The van der Waals surface area contributed by atoms with Crippen molar-refractivity contribution in [3.63, 3.8) is 0 Å². The summed E-state index contributed by atoms with van der Waals surface area (Å²) in [5, 5.41) is 18.7. The minimum atomic E-state index is -0.338. The summed E-state index contributed by atoms with van der Waals surface area (Å²) in [6.45, 7) is 6.07. The fourth-order valence-corrected chi connectivity index (χ4v) is 4.77. The molecule has 5 heterocycles. The Kier molecular flexibility index (Phi) is 5.65. The van der Waals surface area contributed by atoms with Crippen LogP contribution in [0, 0.1) is 24.2 Å². The molecule has 0 N–H and O–H groups in total. The number of fused-ring (bicyclic) bond motifs is 2. The first kappa shape index (κ1) is 21.9. The van der Waals surface area contributed by atoms with Gasteiger partial charge in [0.25, 0.3) is 0 Å². The summed E-state index contributed by atoms with van der Waals surface area (Å²) in [6.07, 6.45) is 8.76. The van der Waals surface area contributed by atoms with Gasteiger partial charge in [-0.15, -0.1) is 0 Å². The minimum absolute atomic E-state index is 0.111. The first-order chi connectivity index (χ1) is 16.5. The van der Waals surface area contributed by atoms with Gasteiger partial charge in [-0.05, 0) is 43.5 Å². The molecular formula is C25H26FN7O. The SMILES string of the molecule is CCC(Cc1cc(-c2nn3c(c2C)CN(C#N)CC3)cn2ncc(OC)c12)c1ccc(F)cn1. The average Bonchev–Trinajstić information content (AvgIpc) is 3.43. The molecule has 174 valence electrons. The fraction of sp³-hybridized carbons (Fsp3) is 0.360. The molecule has 1 atom stereocenters. The number of pyridine rings is 2. The van der Waals surface area contributed by atoms with E-state index in [-0.39, 0.29) is 11.7 Å². The quantitative estimate of drug-likeness (QED) is 0.404. The molecule has 5 rings (SSSR count). The summed E-state index contributed by atoms with van der Waals surface area (Å²) in [7, 11) is 1.64. The maximum Gasteiger partial charge on any atom is 0.179 e. The molecule has 4 aromatic heterocycles. The van der Waals surface area contributed by atoms with Crippen LogP contribution in [-0.4, -0.2) is 42.9 Å². The Labute approximate surface area is 197 Å². The second kappa shape index (κ2) is 8.78. The molecule has 1 aliphatic rings. The molecule has 0 amide bonds. The number of nitriles is 1. The van der Waals surface area contributed by atoms with Crippen molar-refractivity contribution in [2.45, 2.75) is 45.7 Å². The van der Waals surface area contributed by atoms with Crippen molar-refractivity contribution in [2.75, 3.05) is 13.7 Å². The van der Waals surface area contributed by atoms with Crippen LogP contribution in [0.15, 0.2) is 36.8 Å². The smallest absolute Gasteiger partial charge is 0.179 e. The zero-order valence-electron chi connectivity index (χ0n) is 19.5. The lowest BCUT2D eigenvalue weighted by molar-refractivity contribution is 0.301. The summed E-state index contributed by atoms with van der Waals surface area (Å²) < 4.78 is 22.9. The normalized spacial score (nSPS) is 14.1. The largest absolute Gasteiger partial charge is 0.493 e. The number of halogens is 1. The molecule has 0 aliphatic carbocycles. The van der Waals surface area contributed by atoms with Crippen molar-refractivity contribution in [1.29, 1.82) is 5.26 Å². The lowest BCUT2D eigenvalue weighted by Gasteiger charge is -2.22. The van der Waals surface area contributed by atoms with Crippen LogP contribution in [0.4, 0.5) is 4.39 Å². The number of hydrogen-bond acceptors (Lipinski definition) is 6. The molecule has 1 unspecified atom stereocenters. The highest BCUT2D eigenvalue weighted by Gasteiger charge is 2.24. The van der Waals surface area contributed by atoms with Gasteiger partial charge in [0.2, 0.25) is 0 Å². The Morgan fingerprint density at radius 3 is 2.82 bits per heavy atom. The second-order valence-electron chi connectivity index (χ2n) is 8.64. The zero-order chi connectivity index (χ0) is 23.8. The van der Waals surface area contributed by atoms with E-state index in [4.69, 9.17) is 9.84 Å². The van der Waals surface area contributed by atoms with E-state index < -0.39 is 0 Å². The lowest BCUT2D eigenvalue weighted by atomic mass is 9.92. The van der Waals surface area contributed by atoms with E-state index >= 15 is 0 Å². The first-order valence-corrected chi connectivity index (χ1v) is 11.4. The summed E-state index contributed by atoms with van der Waals surface area (Å²) >= 11 is 0. The number of methoxy groups -OCH3 is 1. The van der Waals surface area contributed by atoms with Gasteiger partial charge in [-0.1, -0.05) is 6.92 Å². The van der Waals surface area contributed by atoms with Crippen molar-refractivity contribution in [3.05, 3.63) is 65.1 Å². The fourth-order valence-electron chi connectivity index (χ4n) is 4.77. The van der Waals surface area contributed by atoms with E-state index in [1.807, 2.05) is 15.4 Å². The van der Waals surface area contributed by atoms with Crippen LogP contribution in [0.2, 0.25) is 0 Å². The number of rotatable bonds is 6. The lowest BCUT2D eigenvalue weighted by Crippen LogP contribution is -2.30. The highest BCUT2D eigenvalue weighted by Crippen LogP contribution is 2.34. The van der Waals surface area contributed by atoms with E-state index in [9.17, 15) is 9.65 Å². The summed E-state index contributed by atoms with van der Waals surface area (Å²) in [5.41, 5.74) is 6.80. The van der Waals surface area contributed by atoms with Gasteiger partial charge < -0.3 is 9.64 Å². The van der Waals surface area contributed by atoms with Crippen LogP contribution in [-0.2, 0) is 19.5 Å². The Hall–Kier alpha value is -3.93. The molecule has 9 heteroatoms. The van der Waals surface area contributed by atoms with E-state index in [0.29, 0.717) is 31.8 Å². The van der Waals surface area contributed by atoms with Gasteiger partial charge in [0, 0.05) is 35.5 Å². The van der Waals surface area contributed by atoms with Gasteiger partial charge in [0.05, 0.1) is 44.0 Å². The van der Waals surface area contributed by atoms with Gasteiger partial charge in [0.15, 0.2) is 11.9 Å². The topological polar surface area (TPSA) is 84.3 Å². The van der Waals surface area contributed by atoms with Crippen molar-refractivity contribution in [1.82, 2.24) is 29.3 Å². The number of hydrogen-bond donors (Lipinski definition) is 0. The zero-order valence-corrected chi connectivity index (χ0v) is 19.5. The molecule has 0 aromatic carbocycles. The molecule has 0 fully saturated rings. The minimum Gasteiger partial charge on any atom is -0.493 e. The Morgan fingerprint density at radius 1 is 1.26 bits per heavy atom. The van der Waals surface area contributed by atoms with Crippen LogP contribution in [0.25, 0.3) is 16.8 Å². The molecule has 1 aliphatic heterocycles. The number of aromatic nitrogens is 5. The molecule has 0 bridgehead atoms. The van der Waals surface area contributed by atoms with E-state index in [1.54, 1.807) is 24.3 Å². The molecule has 34 heavy (non-hydrogen) atoms. The number of nitrogens with zero attached hydrogens (tertiary/aromatic N) is 7. The van der Waals surface area contributed by atoms with Crippen molar-refractivity contribution in [2.24, 2.45) is 0 Å². The van der Waals surface area contributed by atoms with Crippen LogP contribution in [0.1, 0.15) is 41.8 Å². The van der Waals surface area contributed by atoms with Gasteiger partial charge in [0.1, 0.15) is 11.3 Å². The van der Waals surface area contributed by atoms with Crippen LogP contribution in [0.3, 0.4) is 0 Å². The van der Waals surface area contributed by atoms with Gasteiger partial charge in [-0.3, -0.25) is 9.67 Å². The molecule has 4 aromatic rings. The van der Waals surface area contributed by atoms with Crippen LogP contribution in [0.5, 0.6) is 5.75 Å². The van der Waals surface area contributed by atoms with Crippen molar-refractivity contribution >= 4 is 5.52 Å². The second-order valence-corrected chi connectivity index (χ2v) is 8.64. The maximum atomic E-state index is 13.4. The maximum absolute atomic E-state index is 13.4. The molecule has 0 radical (unpaired) electrons. The Balaban J connectivity index is 1.60. The molecule has 0 spiro atoms. The third-order valence-electron chi connectivity index (χ3n) is 6.66. The van der Waals surface area contributed by atoms with Gasteiger partial charge in [-0.2, -0.15) is 15.5 Å².